The Labute approximate surface area is 365 Å². The van der Waals surface area contributed by atoms with Gasteiger partial charge in [-0.3, -0.25) is 0 Å². The van der Waals surface area contributed by atoms with Gasteiger partial charge in [-0.2, -0.15) is 0 Å². The summed E-state index contributed by atoms with van der Waals surface area (Å²) in [5, 5.41) is 2.48. The summed E-state index contributed by atoms with van der Waals surface area (Å²) >= 11 is 0. The Morgan fingerprint density at radius 1 is 0.365 bits per heavy atom. The molecule has 0 N–H and O–H groups in total. The van der Waals surface area contributed by atoms with E-state index in [2.05, 4.69) is 216 Å². The Hall–Kier alpha value is -8.41. The van der Waals surface area contributed by atoms with E-state index >= 15 is 0 Å². The summed E-state index contributed by atoms with van der Waals surface area (Å²) < 4.78 is 2.33. The number of anilines is 3. The van der Waals surface area contributed by atoms with Gasteiger partial charge in [0.1, 0.15) is 0 Å². The molecule has 296 valence electrons. The summed E-state index contributed by atoms with van der Waals surface area (Å²) in [6.45, 7) is 0. The molecule has 0 bridgehead atoms. The van der Waals surface area contributed by atoms with Crippen LogP contribution in [0.3, 0.4) is 0 Å². The van der Waals surface area contributed by atoms with E-state index in [1.807, 2.05) is 18.2 Å². The lowest BCUT2D eigenvalue weighted by Crippen LogP contribution is -2.12. The third-order valence-corrected chi connectivity index (χ3v) is 12.3. The summed E-state index contributed by atoms with van der Waals surface area (Å²) in [5.41, 5.74) is 17.1. The first-order valence-electron chi connectivity index (χ1n) is 21.4. The zero-order valence-corrected chi connectivity index (χ0v) is 34.3. The van der Waals surface area contributed by atoms with E-state index in [1.54, 1.807) is 0 Å². The molecule has 5 heteroatoms. The molecule has 63 heavy (non-hydrogen) atoms. The molecule has 0 saturated carbocycles. The number of aromatic nitrogens is 4. The van der Waals surface area contributed by atoms with E-state index in [1.165, 1.54) is 60.9 Å². The van der Waals surface area contributed by atoms with E-state index in [-0.39, 0.29) is 0 Å². The Morgan fingerprint density at radius 2 is 0.857 bits per heavy atom. The predicted molar refractivity (Wildman–Crippen MR) is 259 cm³/mol. The van der Waals surface area contributed by atoms with E-state index in [9.17, 15) is 0 Å². The SMILES string of the molecule is c1ccc(-c2ccc(N(c3ccccc3)c3cccc4c3Cc3cc(-c5nc(-c6ccccc6)nc(-c6ccc(-n7c8ccccc8c8ccccc87)cc6)n5)ccc3-4)cc2)cc1. The van der Waals surface area contributed by atoms with Crippen molar-refractivity contribution in [2.24, 2.45) is 0 Å². The Bertz CT molecular complexity index is 3400. The molecule has 0 saturated heterocycles. The zero-order chi connectivity index (χ0) is 41.7. The molecule has 2 heterocycles. The number of hydrogen-bond donors (Lipinski definition) is 0. The summed E-state index contributed by atoms with van der Waals surface area (Å²) in [7, 11) is 0. The van der Waals surface area contributed by atoms with Crippen LogP contribution >= 0.6 is 0 Å². The Kier molecular flexibility index (Phi) is 8.82. The molecule has 0 spiro atoms. The fraction of sp³-hybridized carbons (Fsp3) is 0.0172. The fourth-order valence-electron chi connectivity index (χ4n) is 9.30. The number of nitrogens with zero attached hydrogens (tertiary/aromatic N) is 5. The average Bonchev–Trinajstić information content (AvgIpc) is 3.91. The predicted octanol–water partition coefficient (Wildman–Crippen LogP) is 14.7. The van der Waals surface area contributed by atoms with Crippen LogP contribution < -0.4 is 4.90 Å². The molecule has 11 aromatic rings. The first-order valence-corrected chi connectivity index (χ1v) is 21.4. The van der Waals surface area contributed by atoms with E-state index < -0.39 is 0 Å². The second-order valence-corrected chi connectivity index (χ2v) is 16.0. The number of hydrogen-bond acceptors (Lipinski definition) is 4. The summed E-state index contributed by atoms with van der Waals surface area (Å²) in [6.07, 6.45) is 0.786. The minimum Gasteiger partial charge on any atom is -0.310 e. The highest BCUT2D eigenvalue weighted by molar-refractivity contribution is 6.09. The molecule has 12 rings (SSSR count). The highest BCUT2D eigenvalue weighted by Gasteiger charge is 2.26. The van der Waals surface area contributed by atoms with Crippen molar-refractivity contribution in [3.05, 3.63) is 236 Å². The maximum atomic E-state index is 5.18. The van der Waals surface area contributed by atoms with Crippen molar-refractivity contribution in [3.8, 4) is 62.1 Å². The van der Waals surface area contributed by atoms with Gasteiger partial charge in [-0.15, -0.1) is 0 Å². The first-order chi connectivity index (χ1) is 31.2. The van der Waals surface area contributed by atoms with Crippen molar-refractivity contribution < 1.29 is 0 Å². The number of para-hydroxylation sites is 3. The van der Waals surface area contributed by atoms with Crippen molar-refractivity contribution in [3.63, 3.8) is 0 Å². The smallest absolute Gasteiger partial charge is 0.164 e. The minimum atomic E-state index is 0.635. The molecular formula is C58H39N5. The van der Waals surface area contributed by atoms with Crippen molar-refractivity contribution in [2.45, 2.75) is 6.42 Å². The highest BCUT2D eigenvalue weighted by Crippen LogP contribution is 2.46. The second-order valence-electron chi connectivity index (χ2n) is 16.0. The molecule has 0 aliphatic heterocycles. The maximum Gasteiger partial charge on any atom is 0.164 e. The van der Waals surface area contributed by atoms with Crippen LogP contribution in [-0.4, -0.2) is 19.5 Å². The van der Waals surface area contributed by atoms with Crippen LogP contribution in [0.5, 0.6) is 0 Å². The van der Waals surface area contributed by atoms with E-state index in [0.29, 0.717) is 17.5 Å². The zero-order valence-electron chi connectivity index (χ0n) is 34.3. The van der Waals surface area contributed by atoms with Crippen molar-refractivity contribution in [1.29, 1.82) is 0 Å². The lowest BCUT2D eigenvalue weighted by Gasteiger charge is -2.28. The number of benzene rings is 9. The molecule has 9 aromatic carbocycles. The van der Waals surface area contributed by atoms with Crippen molar-refractivity contribution in [2.75, 3.05) is 4.90 Å². The van der Waals surface area contributed by atoms with E-state index in [4.69, 9.17) is 15.0 Å². The highest BCUT2D eigenvalue weighted by atomic mass is 15.1. The standard InChI is InChI=1S/C58H39N5/c1-4-15-39(16-5-1)40-27-32-46(33-28-40)62(45-19-8-3-9-20-45)55-26-14-23-49-48-36-31-43(37-44(48)38-52(49)55)58-60-56(41-17-6-2-7-18-41)59-57(61-58)42-29-34-47(35-30-42)63-53-24-12-10-21-50(53)51-22-11-13-25-54(51)63/h1-37H,38H2. The summed E-state index contributed by atoms with van der Waals surface area (Å²) in [4.78, 5) is 17.8. The van der Waals surface area contributed by atoms with Crippen LogP contribution in [0.15, 0.2) is 224 Å². The summed E-state index contributed by atoms with van der Waals surface area (Å²) in [5.74, 6) is 1.93. The van der Waals surface area contributed by atoms with Crippen molar-refractivity contribution in [1.82, 2.24) is 19.5 Å². The van der Waals surface area contributed by atoms with Crippen LogP contribution in [0, 0.1) is 0 Å². The molecule has 0 radical (unpaired) electrons. The van der Waals surface area contributed by atoms with Gasteiger partial charge >= 0.3 is 0 Å². The number of fused-ring (bicyclic) bond motifs is 6. The van der Waals surface area contributed by atoms with Gasteiger partial charge in [0.25, 0.3) is 0 Å². The van der Waals surface area contributed by atoms with Gasteiger partial charge in [-0.1, -0.05) is 152 Å². The third kappa shape index (κ3) is 6.46. The van der Waals surface area contributed by atoms with Crippen LogP contribution in [0.25, 0.3) is 83.9 Å². The van der Waals surface area contributed by atoms with Gasteiger partial charge in [0, 0.05) is 50.9 Å². The van der Waals surface area contributed by atoms with Crippen LogP contribution in [0.2, 0.25) is 0 Å². The fourth-order valence-corrected chi connectivity index (χ4v) is 9.30. The molecule has 0 amide bonds. The molecule has 1 aliphatic carbocycles. The van der Waals surface area contributed by atoms with Crippen LogP contribution in [0.1, 0.15) is 11.1 Å². The maximum absolute atomic E-state index is 5.18. The summed E-state index contributed by atoms with van der Waals surface area (Å²) in [6, 6.07) is 79.5. The van der Waals surface area contributed by atoms with Crippen LogP contribution in [0.4, 0.5) is 17.1 Å². The molecule has 5 nitrogen and oxygen atoms in total. The second kappa shape index (κ2) is 15.2. The molecular weight excluding hydrogens is 767 g/mol. The van der Waals surface area contributed by atoms with Gasteiger partial charge < -0.3 is 9.47 Å². The quantitative estimate of drug-likeness (QED) is 0.153. The Morgan fingerprint density at radius 3 is 1.51 bits per heavy atom. The van der Waals surface area contributed by atoms with Gasteiger partial charge in [0.2, 0.25) is 0 Å². The molecule has 0 unspecified atom stereocenters. The monoisotopic (exact) mass is 805 g/mol. The Balaban J connectivity index is 0.917. The minimum absolute atomic E-state index is 0.635. The van der Waals surface area contributed by atoms with Crippen molar-refractivity contribution >= 4 is 38.9 Å². The number of rotatable bonds is 8. The largest absolute Gasteiger partial charge is 0.310 e. The van der Waals surface area contributed by atoms with Gasteiger partial charge in [-0.25, -0.2) is 15.0 Å². The van der Waals surface area contributed by atoms with Gasteiger partial charge in [-0.05, 0) is 106 Å². The van der Waals surface area contributed by atoms with Crippen LogP contribution in [-0.2, 0) is 6.42 Å². The first kappa shape index (κ1) is 36.4. The lowest BCUT2D eigenvalue weighted by atomic mass is 10.0. The lowest BCUT2D eigenvalue weighted by molar-refractivity contribution is 1.07. The normalized spacial score (nSPS) is 11.7. The van der Waals surface area contributed by atoms with Gasteiger partial charge in [0.05, 0.1) is 16.7 Å². The molecule has 0 atom stereocenters. The third-order valence-electron chi connectivity index (χ3n) is 12.3. The molecule has 2 aromatic heterocycles. The average molecular weight is 806 g/mol. The topological polar surface area (TPSA) is 46.8 Å². The molecule has 0 fully saturated rings. The van der Waals surface area contributed by atoms with Gasteiger partial charge in [0.15, 0.2) is 17.5 Å². The van der Waals surface area contributed by atoms with E-state index in [0.717, 1.165) is 40.2 Å². The molecule has 1 aliphatic rings.